The Morgan fingerprint density at radius 2 is 1.84 bits per heavy atom. The molecule has 2 N–H and O–H groups in total. The maximum absolute atomic E-state index is 12.0. The van der Waals surface area contributed by atoms with Crippen LogP contribution in [-0.2, 0) is 13.0 Å². The number of rotatable bonds is 4. The molecule has 0 atom stereocenters. The molecule has 124 valence electrons. The smallest absolute Gasteiger partial charge is 0.249 e. The first-order valence-corrected chi connectivity index (χ1v) is 8.41. The topological polar surface area (TPSA) is 60.9 Å². The van der Waals surface area contributed by atoms with E-state index in [0.717, 1.165) is 34.8 Å². The Labute approximate surface area is 145 Å². The predicted molar refractivity (Wildman–Crippen MR) is 101 cm³/mol. The molecule has 0 aliphatic heterocycles. The number of hydrogen-bond donors (Lipinski definition) is 1. The summed E-state index contributed by atoms with van der Waals surface area (Å²) in [6, 6.07) is 16.2. The summed E-state index contributed by atoms with van der Waals surface area (Å²) in [6.07, 6.45) is 4.57. The highest BCUT2D eigenvalue weighted by atomic mass is 16.1. The zero-order chi connectivity index (χ0) is 17.4. The highest BCUT2D eigenvalue weighted by Crippen LogP contribution is 2.33. The lowest BCUT2D eigenvalue weighted by Crippen LogP contribution is -2.11. The van der Waals surface area contributed by atoms with Crippen molar-refractivity contribution in [2.24, 2.45) is 5.73 Å². The molecule has 2 aromatic heterocycles. The summed E-state index contributed by atoms with van der Waals surface area (Å²) in [4.78, 5) is 16.0. The molecule has 25 heavy (non-hydrogen) atoms. The number of hydrogen-bond acceptors (Lipinski definition) is 2. The predicted octanol–water partition coefficient (Wildman–Crippen LogP) is 3.90. The molecule has 0 radical (unpaired) electrons. The quantitative estimate of drug-likeness (QED) is 0.617. The number of nitrogens with two attached hydrogens (primary N) is 1. The van der Waals surface area contributed by atoms with Gasteiger partial charge in [0.1, 0.15) is 0 Å². The van der Waals surface area contributed by atoms with Crippen LogP contribution in [0, 0.1) is 0 Å². The molecule has 0 bridgehead atoms. The Hall–Kier alpha value is -3.14. The molecular weight excluding hydrogens is 310 g/mol. The zero-order valence-electron chi connectivity index (χ0n) is 14.1. The van der Waals surface area contributed by atoms with Gasteiger partial charge in [0.2, 0.25) is 5.91 Å². The molecule has 2 heterocycles. The Kier molecular flexibility index (Phi) is 3.73. The van der Waals surface area contributed by atoms with Crippen LogP contribution in [0.25, 0.3) is 21.8 Å². The summed E-state index contributed by atoms with van der Waals surface area (Å²) < 4.78 is 2.26. The molecule has 0 fully saturated rings. The minimum absolute atomic E-state index is 0.395. The Morgan fingerprint density at radius 1 is 1.04 bits per heavy atom. The fourth-order valence-corrected chi connectivity index (χ4v) is 3.46. The Balaban J connectivity index is 2.07. The normalized spacial score (nSPS) is 11.2. The number of nitrogens with zero attached hydrogens (tertiary/aromatic N) is 2. The Bertz CT molecular complexity index is 1080. The number of pyridine rings is 1. The molecule has 2 aromatic carbocycles. The van der Waals surface area contributed by atoms with Crippen LogP contribution in [-0.4, -0.2) is 15.5 Å². The van der Waals surface area contributed by atoms with Crippen LogP contribution >= 0.6 is 0 Å². The first-order chi connectivity index (χ1) is 12.2. The maximum Gasteiger partial charge on any atom is 0.249 e. The number of benzene rings is 2. The van der Waals surface area contributed by atoms with Gasteiger partial charge in [-0.25, -0.2) is 0 Å². The summed E-state index contributed by atoms with van der Waals surface area (Å²) in [5.74, 6) is -0.395. The average molecular weight is 329 g/mol. The molecule has 4 heteroatoms. The third kappa shape index (κ3) is 2.56. The maximum atomic E-state index is 12.0. The van der Waals surface area contributed by atoms with Crippen molar-refractivity contribution in [3.05, 3.63) is 77.6 Å². The van der Waals surface area contributed by atoms with Crippen LogP contribution in [0.3, 0.4) is 0 Å². The number of primary amides is 1. The molecule has 4 aromatic rings. The minimum atomic E-state index is -0.395. The lowest BCUT2D eigenvalue weighted by Gasteiger charge is -2.08. The summed E-state index contributed by atoms with van der Waals surface area (Å²) in [6.45, 7) is 2.86. The molecule has 1 amide bonds. The van der Waals surface area contributed by atoms with Gasteiger partial charge in [0.05, 0.1) is 5.52 Å². The average Bonchev–Trinajstić information content (AvgIpc) is 2.95. The van der Waals surface area contributed by atoms with Crippen LogP contribution in [0.4, 0.5) is 0 Å². The van der Waals surface area contributed by atoms with Crippen LogP contribution in [0.2, 0.25) is 0 Å². The van der Waals surface area contributed by atoms with Crippen molar-refractivity contribution >= 4 is 27.7 Å². The van der Waals surface area contributed by atoms with Crippen LogP contribution in [0.5, 0.6) is 0 Å². The summed E-state index contributed by atoms with van der Waals surface area (Å²) in [5.41, 5.74) is 10.8. The standard InChI is InChI=1S/C21H19N3O/c1-2-14-6-7-16-19(12-14)24(13-15-8-10-23-11-9-15)18-5-3-4-17(20(16)18)21(22)25/h3-12H,2,13H2,1H3,(H2,22,25). The zero-order valence-corrected chi connectivity index (χ0v) is 14.1. The van der Waals surface area contributed by atoms with E-state index in [4.69, 9.17) is 5.73 Å². The molecule has 0 aliphatic rings. The molecule has 0 saturated carbocycles. The molecule has 0 saturated heterocycles. The molecule has 0 aliphatic carbocycles. The van der Waals surface area contributed by atoms with Gasteiger partial charge in [0, 0.05) is 40.8 Å². The fraction of sp³-hybridized carbons (Fsp3) is 0.143. The Morgan fingerprint density at radius 3 is 2.56 bits per heavy atom. The van der Waals surface area contributed by atoms with E-state index in [-0.39, 0.29) is 0 Å². The molecule has 0 unspecified atom stereocenters. The van der Waals surface area contributed by atoms with Crippen molar-refractivity contribution in [3.8, 4) is 0 Å². The van der Waals surface area contributed by atoms with Gasteiger partial charge < -0.3 is 10.3 Å². The van der Waals surface area contributed by atoms with E-state index < -0.39 is 5.91 Å². The van der Waals surface area contributed by atoms with E-state index in [2.05, 4.69) is 40.7 Å². The monoisotopic (exact) mass is 329 g/mol. The summed E-state index contributed by atoms with van der Waals surface area (Å²) in [5, 5.41) is 2.00. The summed E-state index contributed by atoms with van der Waals surface area (Å²) in [7, 11) is 0. The number of aryl methyl sites for hydroxylation is 1. The van der Waals surface area contributed by atoms with Gasteiger partial charge >= 0.3 is 0 Å². The van der Waals surface area contributed by atoms with Gasteiger partial charge in [0.15, 0.2) is 0 Å². The largest absolute Gasteiger partial charge is 0.366 e. The molecule has 0 spiro atoms. The van der Waals surface area contributed by atoms with Gasteiger partial charge in [-0.1, -0.05) is 25.1 Å². The second-order valence-corrected chi connectivity index (χ2v) is 6.21. The second-order valence-electron chi connectivity index (χ2n) is 6.21. The first-order valence-electron chi connectivity index (χ1n) is 8.41. The van der Waals surface area contributed by atoms with E-state index in [0.29, 0.717) is 5.56 Å². The molecular formula is C21H19N3O. The van der Waals surface area contributed by atoms with E-state index in [1.54, 1.807) is 18.5 Å². The van der Waals surface area contributed by atoms with Crippen LogP contribution in [0.15, 0.2) is 60.9 Å². The van der Waals surface area contributed by atoms with Crippen LogP contribution in [0.1, 0.15) is 28.4 Å². The fourth-order valence-electron chi connectivity index (χ4n) is 3.46. The van der Waals surface area contributed by atoms with Crippen molar-refractivity contribution < 1.29 is 4.79 Å². The third-order valence-electron chi connectivity index (χ3n) is 4.72. The lowest BCUT2D eigenvalue weighted by molar-refractivity contribution is 0.100. The van der Waals surface area contributed by atoms with E-state index in [9.17, 15) is 4.79 Å². The van der Waals surface area contributed by atoms with Gasteiger partial charge in [-0.3, -0.25) is 9.78 Å². The van der Waals surface area contributed by atoms with Crippen LogP contribution < -0.4 is 5.73 Å². The number of amides is 1. The minimum Gasteiger partial charge on any atom is -0.366 e. The van der Waals surface area contributed by atoms with Gasteiger partial charge in [-0.15, -0.1) is 0 Å². The third-order valence-corrected chi connectivity index (χ3v) is 4.72. The number of fused-ring (bicyclic) bond motifs is 3. The van der Waals surface area contributed by atoms with E-state index >= 15 is 0 Å². The second kappa shape index (κ2) is 6.06. The highest BCUT2D eigenvalue weighted by Gasteiger charge is 2.16. The van der Waals surface area contributed by atoms with Crippen molar-refractivity contribution in [2.45, 2.75) is 19.9 Å². The first kappa shape index (κ1) is 15.4. The molecule has 4 rings (SSSR count). The van der Waals surface area contributed by atoms with Gasteiger partial charge in [0.25, 0.3) is 0 Å². The summed E-state index contributed by atoms with van der Waals surface area (Å²) >= 11 is 0. The van der Waals surface area contributed by atoms with Crippen molar-refractivity contribution in [2.75, 3.05) is 0 Å². The van der Waals surface area contributed by atoms with Crippen molar-refractivity contribution in [1.82, 2.24) is 9.55 Å². The van der Waals surface area contributed by atoms with Gasteiger partial charge in [-0.05, 0) is 47.9 Å². The number of aromatic nitrogens is 2. The van der Waals surface area contributed by atoms with E-state index in [1.807, 2.05) is 18.2 Å². The van der Waals surface area contributed by atoms with E-state index in [1.165, 1.54) is 11.1 Å². The number of carbonyl (C=O) groups excluding carboxylic acids is 1. The van der Waals surface area contributed by atoms with Crippen molar-refractivity contribution in [3.63, 3.8) is 0 Å². The number of carbonyl (C=O) groups is 1. The molecule has 4 nitrogen and oxygen atoms in total. The highest BCUT2D eigenvalue weighted by molar-refractivity contribution is 6.17. The lowest BCUT2D eigenvalue weighted by atomic mass is 10.0. The van der Waals surface area contributed by atoms with Crippen molar-refractivity contribution in [1.29, 1.82) is 0 Å². The SMILES string of the molecule is CCc1ccc2c3c(C(N)=O)cccc3n(Cc3ccncc3)c2c1. The van der Waals surface area contributed by atoms with Gasteiger partial charge in [-0.2, -0.15) is 0 Å².